The fourth-order valence-electron chi connectivity index (χ4n) is 0.992. The van der Waals surface area contributed by atoms with Gasteiger partial charge < -0.3 is 5.32 Å². The van der Waals surface area contributed by atoms with Crippen molar-refractivity contribution in [3.63, 3.8) is 0 Å². The van der Waals surface area contributed by atoms with Crippen molar-refractivity contribution < 1.29 is 4.39 Å². The van der Waals surface area contributed by atoms with Crippen LogP contribution in [-0.4, -0.2) is 6.54 Å². The van der Waals surface area contributed by atoms with Gasteiger partial charge >= 0.3 is 0 Å². The Kier molecular flexibility index (Phi) is 4.39. The molecule has 14 heavy (non-hydrogen) atoms. The first kappa shape index (κ1) is 11.5. The maximum atomic E-state index is 13.0. The molecule has 0 saturated carbocycles. The highest BCUT2D eigenvalue weighted by atomic mass is 35.5. The van der Waals surface area contributed by atoms with Crippen LogP contribution < -0.4 is 5.32 Å². The first-order valence-electron chi connectivity index (χ1n) is 4.07. The molecular weight excluding hydrogens is 224 g/mol. The molecule has 0 radical (unpaired) electrons. The molecule has 0 aliphatic heterocycles. The maximum Gasteiger partial charge on any atom is 0.142 e. The first-order valence-corrected chi connectivity index (χ1v) is 4.83. The van der Waals surface area contributed by atoms with Gasteiger partial charge in [-0.25, -0.2) is 4.39 Å². The van der Waals surface area contributed by atoms with Crippen molar-refractivity contribution in [2.45, 2.75) is 6.54 Å². The Morgan fingerprint density at radius 1 is 1.50 bits per heavy atom. The molecule has 0 saturated heterocycles. The number of halogens is 3. The predicted octanol–water partition coefficient (Wildman–Crippen LogP) is 3.32. The molecule has 1 aromatic carbocycles. The van der Waals surface area contributed by atoms with E-state index in [9.17, 15) is 4.39 Å². The minimum Gasteiger partial charge on any atom is -0.308 e. The lowest BCUT2D eigenvalue weighted by Gasteiger charge is -2.04. The van der Waals surface area contributed by atoms with E-state index in [4.69, 9.17) is 23.2 Å². The summed E-state index contributed by atoms with van der Waals surface area (Å²) in [4.78, 5) is 0. The number of hydrogen-bond donors (Lipinski definition) is 1. The van der Waals surface area contributed by atoms with Crippen molar-refractivity contribution in [3.8, 4) is 0 Å². The molecule has 0 aromatic heterocycles. The molecule has 0 unspecified atom stereocenters. The Morgan fingerprint density at radius 3 is 2.79 bits per heavy atom. The zero-order valence-electron chi connectivity index (χ0n) is 7.49. The highest BCUT2D eigenvalue weighted by molar-refractivity contribution is 6.30. The van der Waals surface area contributed by atoms with E-state index < -0.39 is 5.82 Å². The molecule has 1 aromatic rings. The summed E-state index contributed by atoms with van der Waals surface area (Å²) in [6.07, 6.45) is 0. The molecule has 76 valence electrons. The van der Waals surface area contributed by atoms with Crippen molar-refractivity contribution in [2.75, 3.05) is 6.54 Å². The Morgan fingerprint density at radius 2 is 2.21 bits per heavy atom. The van der Waals surface area contributed by atoms with E-state index in [1.165, 1.54) is 12.1 Å². The molecule has 0 atom stereocenters. The average molecular weight is 234 g/mol. The Balaban J connectivity index is 2.51. The molecule has 0 aliphatic rings. The van der Waals surface area contributed by atoms with Gasteiger partial charge in [-0.3, -0.25) is 0 Å². The zero-order valence-corrected chi connectivity index (χ0v) is 9.00. The third-order valence-corrected chi connectivity index (χ3v) is 2.07. The monoisotopic (exact) mass is 233 g/mol. The summed E-state index contributed by atoms with van der Waals surface area (Å²) in [6.45, 7) is 4.57. The van der Waals surface area contributed by atoms with Crippen LogP contribution >= 0.6 is 23.2 Å². The summed E-state index contributed by atoms with van der Waals surface area (Å²) in [7, 11) is 0. The van der Waals surface area contributed by atoms with E-state index in [-0.39, 0.29) is 5.02 Å². The van der Waals surface area contributed by atoms with Crippen LogP contribution in [0.1, 0.15) is 5.56 Å². The van der Waals surface area contributed by atoms with Crippen LogP contribution in [0.25, 0.3) is 0 Å². The van der Waals surface area contributed by atoms with Crippen LogP contribution in [0.4, 0.5) is 4.39 Å². The molecule has 0 aliphatic carbocycles. The van der Waals surface area contributed by atoms with Crippen molar-refractivity contribution in [2.24, 2.45) is 0 Å². The zero-order chi connectivity index (χ0) is 10.6. The number of benzene rings is 1. The molecule has 1 N–H and O–H groups in total. The third-order valence-electron chi connectivity index (χ3n) is 1.63. The van der Waals surface area contributed by atoms with Gasteiger partial charge in [-0.05, 0) is 17.7 Å². The lowest BCUT2D eigenvalue weighted by molar-refractivity contribution is 0.623. The first-order chi connectivity index (χ1) is 6.59. The standard InChI is InChI=1S/C10H10Cl2FN/c1-7(11)5-14-6-8-2-3-9(12)10(13)4-8/h2-4,14H,1,5-6H2. The molecular formula is C10H10Cl2FN. The van der Waals surface area contributed by atoms with Crippen LogP contribution in [-0.2, 0) is 6.54 Å². The molecule has 0 heterocycles. The van der Waals surface area contributed by atoms with Gasteiger partial charge in [0.2, 0.25) is 0 Å². The Labute approximate surface area is 92.5 Å². The van der Waals surface area contributed by atoms with Gasteiger partial charge in [0.1, 0.15) is 5.82 Å². The van der Waals surface area contributed by atoms with E-state index in [2.05, 4.69) is 11.9 Å². The summed E-state index contributed by atoms with van der Waals surface area (Å²) < 4.78 is 13.0. The van der Waals surface area contributed by atoms with E-state index >= 15 is 0 Å². The van der Waals surface area contributed by atoms with Gasteiger partial charge in [-0.2, -0.15) is 0 Å². The second kappa shape index (κ2) is 5.35. The SMILES string of the molecule is C=C(Cl)CNCc1ccc(Cl)c(F)c1. The summed E-state index contributed by atoms with van der Waals surface area (Å²) in [5, 5.41) is 3.67. The summed E-state index contributed by atoms with van der Waals surface area (Å²) in [6, 6.07) is 4.69. The maximum absolute atomic E-state index is 13.0. The number of nitrogens with one attached hydrogen (secondary N) is 1. The smallest absolute Gasteiger partial charge is 0.142 e. The van der Waals surface area contributed by atoms with Gasteiger partial charge in [-0.1, -0.05) is 35.8 Å². The predicted molar refractivity (Wildman–Crippen MR) is 58.1 cm³/mol. The minimum absolute atomic E-state index is 0.135. The van der Waals surface area contributed by atoms with Gasteiger partial charge in [0.15, 0.2) is 0 Å². The van der Waals surface area contributed by atoms with E-state index in [1.54, 1.807) is 6.07 Å². The van der Waals surface area contributed by atoms with Crippen LogP contribution in [0.5, 0.6) is 0 Å². The molecule has 0 amide bonds. The van der Waals surface area contributed by atoms with Crippen LogP contribution in [0.15, 0.2) is 29.8 Å². The van der Waals surface area contributed by atoms with Crippen LogP contribution in [0.2, 0.25) is 5.02 Å². The molecule has 0 bridgehead atoms. The normalized spacial score (nSPS) is 10.2. The minimum atomic E-state index is -0.407. The summed E-state index contributed by atoms with van der Waals surface area (Å²) in [5.41, 5.74) is 0.824. The van der Waals surface area contributed by atoms with Crippen molar-refractivity contribution >= 4 is 23.2 Å². The Hall–Kier alpha value is -0.570. The quantitative estimate of drug-likeness (QED) is 0.842. The molecule has 0 spiro atoms. The number of rotatable bonds is 4. The fraction of sp³-hybridized carbons (Fsp3) is 0.200. The second-order valence-electron chi connectivity index (χ2n) is 2.87. The lowest BCUT2D eigenvalue weighted by Crippen LogP contribution is -2.14. The van der Waals surface area contributed by atoms with E-state index in [0.717, 1.165) is 5.56 Å². The third kappa shape index (κ3) is 3.66. The lowest BCUT2D eigenvalue weighted by atomic mass is 10.2. The largest absolute Gasteiger partial charge is 0.308 e. The van der Waals surface area contributed by atoms with Crippen molar-refractivity contribution in [1.82, 2.24) is 5.32 Å². The van der Waals surface area contributed by atoms with Crippen molar-refractivity contribution in [3.05, 3.63) is 46.2 Å². The van der Waals surface area contributed by atoms with Gasteiger partial charge in [0, 0.05) is 18.1 Å². The molecule has 1 nitrogen and oxygen atoms in total. The highest BCUT2D eigenvalue weighted by Crippen LogP contribution is 2.15. The Bertz CT molecular complexity index is 339. The topological polar surface area (TPSA) is 12.0 Å². The van der Waals surface area contributed by atoms with Gasteiger partial charge in [0.25, 0.3) is 0 Å². The molecule has 1 rings (SSSR count). The summed E-state index contributed by atoms with van der Waals surface area (Å²) >= 11 is 11.1. The van der Waals surface area contributed by atoms with Crippen molar-refractivity contribution in [1.29, 1.82) is 0 Å². The van der Waals surface area contributed by atoms with Gasteiger partial charge in [0.05, 0.1) is 5.02 Å². The number of hydrogen-bond acceptors (Lipinski definition) is 1. The summed E-state index contributed by atoms with van der Waals surface area (Å²) in [5.74, 6) is -0.407. The second-order valence-corrected chi connectivity index (χ2v) is 3.81. The van der Waals surface area contributed by atoms with E-state index in [1.807, 2.05) is 0 Å². The highest BCUT2D eigenvalue weighted by Gasteiger charge is 2.00. The van der Waals surface area contributed by atoms with Gasteiger partial charge in [-0.15, -0.1) is 0 Å². The molecule has 0 fully saturated rings. The van der Waals surface area contributed by atoms with E-state index in [0.29, 0.717) is 18.1 Å². The average Bonchev–Trinajstić information content (AvgIpc) is 2.10. The van der Waals surface area contributed by atoms with Crippen LogP contribution in [0, 0.1) is 5.82 Å². The fourth-order valence-corrected chi connectivity index (χ4v) is 1.20. The van der Waals surface area contributed by atoms with Crippen LogP contribution in [0.3, 0.4) is 0 Å². The molecule has 4 heteroatoms.